The number of hydrogen-bond acceptors (Lipinski definition) is 5. The van der Waals surface area contributed by atoms with Crippen LogP contribution in [0, 0.1) is 23.7 Å². The van der Waals surface area contributed by atoms with Crippen LogP contribution in [0.15, 0.2) is 18.2 Å². The largest absolute Gasteiger partial charge is 0.527 e. The molecule has 1 heterocycles. The standard InChI is InChI=1S/C20H19F6N3O5/c1-10(17(32)28-9-19(22,23)20(24,25)26)16(31)27-8-13-11(2)34-15-4-3-12(21)7-14(15)29(5-6-30)18(13)33/h3-4,7,10-11,13,30H,5-6,9H2,1-2H3/p+1/t10-,11+,13?/m0/s1. The van der Waals surface area contributed by atoms with E-state index in [0.717, 1.165) is 24.0 Å². The van der Waals surface area contributed by atoms with Crippen LogP contribution in [0.25, 0.3) is 4.85 Å². The van der Waals surface area contributed by atoms with Crippen LogP contribution < -0.4 is 15.0 Å². The summed E-state index contributed by atoms with van der Waals surface area (Å²) in [5.41, 5.74) is 0.0138. The lowest BCUT2D eigenvalue weighted by atomic mass is 10.0. The van der Waals surface area contributed by atoms with Crippen molar-refractivity contribution in [2.24, 2.45) is 11.8 Å². The van der Waals surface area contributed by atoms with E-state index < -0.39 is 66.7 Å². The number of nitrogens with zero attached hydrogens (tertiary/aromatic N) is 2. The first kappa shape index (κ1) is 26.9. The van der Waals surface area contributed by atoms with Crippen LogP contribution in [-0.4, -0.2) is 60.7 Å². The van der Waals surface area contributed by atoms with Crippen molar-refractivity contribution in [3.05, 3.63) is 28.9 Å². The van der Waals surface area contributed by atoms with E-state index in [2.05, 4.69) is 10.9 Å². The summed E-state index contributed by atoms with van der Waals surface area (Å²) in [5.74, 6) is -12.4. The van der Waals surface area contributed by atoms with Gasteiger partial charge >= 0.3 is 24.1 Å². The van der Waals surface area contributed by atoms with Crippen molar-refractivity contribution in [2.45, 2.75) is 32.1 Å². The maximum atomic E-state index is 13.7. The Hall–Kier alpha value is -3.34. The Bertz CT molecular complexity index is 1020. The number of carbonyl (C=O) groups excluding carboxylic acids is 3. The van der Waals surface area contributed by atoms with Crippen molar-refractivity contribution in [3.8, 4) is 11.8 Å². The van der Waals surface area contributed by atoms with E-state index in [1.54, 1.807) is 0 Å². The second kappa shape index (κ2) is 10.3. The smallest absolute Gasteiger partial charge is 0.486 e. The summed E-state index contributed by atoms with van der Waals surface area (Å²) in [7, 11) is 0. The number of carbonyl (C=O) groups is 3. The average Bonchev–Trinajstić information content (AvgIpc) is 2.84. The van der Waals surface area contributed by atoms with Gasteiger partial charge in [0.05, 0.1) is 18.8 Å². The van der Waals surface area contributed by atoms with Crippen molar-refractivity contribution >= 4 is 23.4 Å². The zero-order valence-electron chi connectivity index (χ0n) is 17.8. The van der Waals surface area contributed by atoms with Gasteiger partial charge in [-0.2, -0.15) is 26.7 Å². The summed E-state index contributed by atoms with van der Waals surface area (Å²) in [5, 5.41) is 10.6. The zero-order valence-corrected chi connectivity index (χ0v) is 17.8. The third kappa shape index (κ3) is 5.96. The predicted molar refractivity (Wildman–Crippen MR) is 105 cm³/mol. The lowest BCUT2D eigenvalue weighted by Gasteiger charge is -2.21. The van der Waals surface area contributed by atoms with E-state index in [9.17, 15) is 45.8 Å². The molecule has 1 aromatic carbocycles. The molecule has 186 valence electrons. The predicted octanol–water partition coefficient (Wildman–Crippen LogP) is 2.36. The molecule has 0 saturated heterocycles. The van der Waals surface area contributed by atoms with Crippen molar-refractivity contribution in [1.82, 2.24) is 5.32 Å². The third-order valence-corrected chi connectivity index (χ3v) is 4.83. The fraction of sp³-hybridized carbons (Fsp3) is 0.500. The summed E-state index contributed by atoms with van der Waals surface area (Å²) in [4.78, 5) is 41.3. The van der Waals surface area contributed by atoms with Crippen molar-refractivity contribution in [3.63, 3.8) is 0 Å². The molecule has 1 aromatic rings. The second-order valence-electron chi connectivity index (χ2n) is 7.35. The number of fused-ring (bicyclic) bond motifs is 1. The van der Waals surface area contributed by atoms with Crippen LogP contribution in [0.4, 0.5) is 32.0 Å². The number of anilines is 1. The van der Waals surface area contributed by atoms with Crippen LogP contribution in [0.1, 0.15) is 13.8 Å². The molecule has 0 radical (unpaired) electrons. The molecule has 0 bridgehead atoms. The van der Waals surface area contributed by atoms with Gasteiger partial charge in [-0.15, -0.1) is 0 Å². The van der Waals surface area contributed by atoms with Crippen molar-refractivity contribution in [2.75, 3.05) is 24.6 Å². The van der Waals surface area contributed by atoms with Gasteiger partial charge in [-0.05, 0) is 26.0 Å². The highest BCUT2D eigenvalue weighted by molar-refractivity contribution is 6.05. The first-order chi connectivity index (χ1) is 15.7. The Morgan fingerprint density at radius 2 is 1.94 bits per heavy atom. The summed E-state index contributed by atoms with van der Waals surface area (Å²) in [6, 6.07) is 5.55. The monoisotopic (exact) mass is 496 g/mol. The van der Waals surface area contributed by atoms with Gasteiger partial charge < -0.3 is 20.1 Å². The van der Waals surface area contributed by atoms with Gasteiger partial charge in [-0.1, -0.05) is 0 Å². The molecule has 0 aromatic heterocycles. The van der Waals surface area contributed by atoms with Crippen LogP contribution >= 0.6 is 0 Å². The first-order valence-corrected chi connectivity index (χ1v) is 9.80. The molecular formula is C20H20F6N3O5+. The second-order valence-corrected chi connectivity index (χ2v) is 7.35. The molecular weight excluding hydrogens is 476 g/mol. The van der Waals surface area contributed by atoms with Gasteiger partial charge in [0.25, 0.3) is 5.91 Å². The number of halogens is 6. The Morgan fingerprint density at radius 3 is 2.53 bits per heavy atom. The summed E-state index contributed by atoms with van der Waals surface area (Å²) >= 11 is 0. The highest BCUT2D eigenvalue weighted by Gasteiger charge is 2.57. The van der Waals surface area contributed by atoms with E-state index >= 15 is 0 Å². The lowest BCUT2D eigenvalue weighted by molar-refractivity contribution is -0.278. The van der Waals surface area contributed by atoms with Crippen LogP contribution in [0.3, 0.4) is 0 Å². The van der Waals surface area contributed by atoms with E-state index in [-0.39, 0.29) is 18.0 Å². The lowest BCUT2D eigenvalue weighted by Crippen LogP contribution is -2.48. The molecule has 2 N–H and O–H groups in total. The van der Waals surface area contributed by atoms with Crippen LogP contribution in [0.5, 0.6) is 5.75 Å². The topological polar surface area (TPSA) is 100 Å². The average molecular weight is 496 g/mol. The molecule has 3 atom stereocenters. The number of benzene rings is 1. The minimum absolute atomic E-state index is 0.0138. The van der Waals surface area contributed by atoms with E-state index in [1.165, 1.54) is 18.3 Å². The van der Waals surface area contributed by atoms with Crippen LogP contribution in [-0.2, 0) is 14.4 Å². The highest BCUT2D eigenvalue weighted by atomic mass is 19.4. The zero-order chi connectivity index (χ0) is 25.8. The molecule has 1 aliphatic rings. The number of alkyl halides is 5. The number of nitrogens with one attached hydrogen (secondary N) is 1. The van der Waals surface area contributed by atoms with E-state index in [0.29, 0.717) is 0 Å². The number of aliphatic hydroxyl groups excluding tert-OH is 1. The molecule has 34 heavy (non-hydrogen) atoms. The summed E-state index contributed by atoms with van der Waals surface area (Å²) < 4.78 is 81.8. The van der Waals surface area contributed by atoms with Gasteiger partial charge in [-0.3, -0.25) is 9.59 Å². The van der Waals surface area contributed by atoms with E-state index in [1.807, 2.05) is 0 Å². The van der Waals surface area contributed by atoms with Gasteiger partial charge in [0.2, 0.25) is 11.8 Å². The summed E-state index contributed by atoms with van der Waals surface area (Å²) in [6.07, 6.45) is -6.89. The minimum Gasteiger partial charge on any atom is -0.486 e. The molecule has 0 fully saturated rings. The molecule has 0 spiro atoms. The molecule has 1 unspecified atom stereocenters. The minimum atomic E-state index is -5.89. The Labute approximate surface area is 189 Å². The Morgan fingerprint density at radius 1 is 1.29 bits per heavy atom. The summed E-state index contributed by atoms with van der Waals surface area (Å²) in [6.45, 7) is -0.500. The van der Waals surface area contributed by atoms with Gasteiger partial charge in [0.1, 0.15) is 17.7 Å². The maximum absolute atomic E-state index is 13.7. The van der Waals surface area contributed by atoms with Crippen LogP contribution in [0.2, 0.25) is 0 Å². The Kier molecular flexibility index (Phi) is 8.14. The van der Waals surface area contributed by atoms with Gasteiger partial charge in [0, 0.05) is 17.5 Å². The number of ether oxygens (including phenoxy) is 1. The fourth-order valence-electron chi connectivity index (χ4n) is 2.84. The quantitative estimate of drug-likeness (QED) is 0.466. The molecule has 3 amide bonds. The number of rotatable bonds is 6. The number of hydrogen-bond donors (Lipinski definition) is 2. The highest BCUT2D eigenvalue weighted by Crippen LogP contribution is 2.36. The number of β-amino-alcohol motifs (C(OH)–C–C–N with tert-alkyl or cyclic N) is 1. The third-order valence-electron chi connectivity index (χ3n) is 4.83. The fourth-order valence-corrected chi connectivity index (χ4v) is 2.84. The molecule has 0 aliphatic carbocycles. The molecule has 2 rings (SSSR count). The molecule has 0 saturated carbocycles. The molecule has 14 heteroatoms. The molecule has 1 aliphatic heterocycles. The SMILES string of the molecule is C[C@@H](C(=O)[N+]#CC1C(=O)N(CCO)c2cc(F)ccc2O[C@@H]1C)C(=O)NCC(F)(F)C(F)(F)F. The maximum Gasteiger partial charge on any atom is 0.527 e. The first-order valence-electron chi connectivity index (χ1n) is 9.80. The van der Waals surface area contributed by atoms with Crippen molar-refractivity contribution < 1.29 is 50.6 Å². The number of aliphatic hydroxyl groups is 1. The number of amides is 3. The van der Waals surface area contributed by atoms with E-state index in [4.69, 9.17) is 4.74 Å². The molecule has 8 nitrogen and oxygen atoms in total. The van der Waals surface area contributed by atoms with Gasteiger partial charge in [0.15, 0.2) is 5.92 Å². The van der Waals surface area contributed by atoms with Crippen molar-refractivity contribution in [1.29, 1.82) is 0 Å². The normalized spacial score (nSPS) is 19.2. The van der Waals surface area contributed by atoms with Gasteiger partial charge in [-0.25, -0.2) is 4.39 Å². The Balaban J connectivity index is 2.19.